The zero-order chi connectivity index (χ0) is 14.7. The Balaban J connectivity index is 2.35. The fourth-order valence-corrected chi connectivity index (χ4v) is 2.48. The molecule has 0 aromatic carbocycles. The molecule has 1 atom stereocenters. The number of halogens is 1. The molecule has 0 saturated heterocycles. The van der Waals surface area contributed by atoms with E-state index < -0.39 is 5.97 Å². The van der Waals surface area contributed by atoms with Gasteiger partial charge in [-0.05, 0) is 37.8 Å². The second kappa shape index (κ2) is 6.41. The standard InChI is InChI=1S/C14H19ClN2O3/c1-9(10-3-4-10)17(7-8-20-2)13-11(14(18)19)5-6-12(15)16-13/h5-6,9-10H,3-4,7-8H2,1-2H3,(H,18,19). The zero-order valence-corrected chi connectivity index (χ0v) is 12.4. The Morgan fingerprint density at radius 2 is 2.30 bits per heavy atom. The smallest absolute Gasteiger partial charge is 0.339 e. The van der Waals surface area contributed by atoms with Crippen LogP contribution in [0.15, 0.2) is 12.1 Å². The third-order valence-electron chi connectivity index (χ3n) is 3.68. The number of pyridine rings is 1. The molecule has 1 aromatic rings. The van der Waals surface area contributed by atoms with Gasteiger partial charge in [0.1, 0.15) is 16.5 Å². The fourth-order valence-electron chi connectivity index (χ4n) is 2.34. The number of hydrogen-bond donors (Lipinski definition) is 1. The molecule has 1 fully saturated rings. The van der Waals surface area contributed by atoms with Crippen LogP contribution in [0.3, 0.4) is 0 Å². The molecule has 5 nitrogen and oxygen atoms in total. The average Bonchev–Trinajstić information content (AvgIpc) is 3.23. The summed E-state index contributed by atoms with van der Waals surface area (Å²) in [6.07, 6.45) is 2.35. The first-order valence-corrected chi connectivity index (χ1v) is 7.07. The van der Waals surface area contributed by atoms with E-state index in [2.05, 4.69) is 11.9 Å². The van der Waals surface area contributed by atoms with Gasteiger partial charge in [-0.3, -0.25) is 0 Å². The van der Waals surface area contributed by atoms with Gasteiger partial charge in [-0.1, -0.05) is 11.6 Å². The van der Waals surface area contributed by atoms with Gasteiger partial charge in [0.15, 0.2) is 0 Å². The molecule has 110 valence electrons. The van der Waals surface area contributed by atoms with Gasteiger partial charge in [0.2, 0.25) is 0 Å². The van der Waals surface area contributed by atoms with E-state index in [1.54, 1.807) is 7.11 Å². The summed E-state index contributed by atoms with van der Waals surface area (Å²) in [7, 11) is 1.63. The SMILES string of the molecule is COCCN(c1nc(Cl)ccc1C(=O)O)C(C)C1CC1. The average molecular weight is 299 g/mol. The number of rotatable bonds is 7. The number of carboxylic acids is 1. The van der Waals surface area contributed by atoms with Crippen LogP contribution in [0.5, 0.6) is 0 Å². The third-order valence-corrected chi connectivity index (χ3v) is 3.89. The molecule has 0 bridgehead atoms. The van der Waals surface area contributed by atoms with Crippen molar-refractivity contribution in [1.82, 2.24) is 4.98 Å². The van der Waals surface area contributed by atoms with Crippen LogP contribution in [-0.2, 0) is 4.74 Å². The van der Waals surface area contributed by atoms with Gasteiger partial charge in [-0.25, -0.2) is 9.78 Å². The van der Waals surface area contributed by atoms with Crippen LogP contribution in [0.4, 0.5) is 5.82 Å². The molecule has 1 aliphatic carbocycles. The maximum atomic E-state index is 11.4. The van der Waals surface area contributed by atoms with Crippen molar-refractivity contribution in [3.63, 3.8) is 0 Å². The molecule has 0 aliphatic heterocycles. The molecule has 1 heterocycles. The van der Waals surface area contributed by atoms with Crippen molar-refractivity contribution in [2.75, 3.05) is 25.2 Å². The Hall–Kier alpha value is -1.33. The molecular formula is C14H19ClN2O3. The van der Waals surface area contributed by atoms with Crippen LogP contribution in [-0.4, -0.2) is 42.4 Å². The summed E-state index contributed by atoms with van der Waals surface area (Å²) >= 11 is 5.94. The summed E-state index contributed by atoms with van der Waals surface area (Å²) in [5.41, 5.74) is 0.179. The Labute approximate surface area is 123 Å². The highest BCUT2D eigenvalue weighted by atomic mass is 35.5. The van der Waals surface area contributed by atoms with Crippen molar-refractivity contribution in [3.8, 4) is 0 Å². The monoisotopic (exact) mass is 298 g/mol. The molecular weight excluding hydrogens is 280 g/mol. The number of carbonyl (C=O) groups is 1. The zero-order valence-electron chi connectivity index (χ0n) is 11.7. The fraction of sp³-hybridized carbons (Fsp3) is 0.571. The molecule has 2 rings (SSSR count). The van der Waals surface area contributed by atoms with Crippen molar-refractivity contribution < 1.29 is 14.6 Å². The first-order valence-electron chi connectivity index (χ1n) is 6.70. The number of aromatic carboxylic acids is 1. The van der Waals surface area contributed by atoms with E-state index in [1.165, 1.54) is 25.0 Å². The van der Waals surface area contributed by atoms with Gasteiger partial charge >= 0.3 is 5.97 Å². The minimum Gasteiger partial charge on any atom is -0.478 e. The molecule has 1 N–H and O–H groups in total. The normalized spacial score (nSPS) is 15.9. The van der Waals surface area contributed by atoms with Gasteiger partial charge in [0.25, 0.3) is 0 Å². The summed E-state index contributed by atoms with van der Waals surface area (Å²) in [6, 6.07) is 3.24. The van der Waals surface area contributed by atoms with Gasteiger partial charge in [-0.15, -0.1) is 0 Å². The molecule has 0 radical (unpaired) electrons. The van der Waals surface area contributed by atoms with Gasteiger partial charge < -0.3 is 14.7 Å². The van der Waals surface area contributed by atoms with E-state index in [4.69, 9.17) is 16.3 Å². The predicted octanol–water partition coefficient (Wildman–Crippen LogP) is 2.68. The number of hydrogen-bond acceptors (Lipinski definition) is 4. The molecule has 1 aliphatic rings. The lowest BCUT2D eigenvalue weighted by atomic mass is 10.1. The molecule has 1 unspecified atom stereocenters. The topological polar surface area (TPSA) is 62.7 Å². The summed E-state index contributed by atoms with van der Waals surface area (Å²) in [6.45, 7) is 3.22. The Bertz CT molecular complexity index is 491. The van der Waals surface area contributed by atoms with Crippen molar-refractivity contribution in [3.05, 3.63) is 22.8 Å². The van der Waals surface area contributed by atoms with Gasteiger partial charge in [0, 0.05) is 19.7 Å². The lowest BCUT2D eigenvalue weighted by Crippen LogP contribution is -2.39. The quantitative estimate of drug-likeness (QED) is 0.784. The molecule has 6 heteroatoms. The van der Waals surface area contributed by atoms with Crippen molar-refractivity contribution in [2.24, 2.45) is 5.92 Å². The van der Waals surface area contributed by atoms with Crippen LogP contribution in [0, 0.1) is 5.92 Å². The van der Waals surface area contributed by atoms with E-state index >= 15 is 0 Å². The van der Waals surface area contributed by atoms with E-state index in [9.17, 15) is 9.90 Å². The Morgan fingerprint density at radius 3 is 2.85 bits per heavy atom. The van der Waals surface area contributed by atoms with Crippen LogP contribution < -0.4 is 4.90 Å². The van der Waals surface area contributed by atoms with Crippen LogP contribution in [0.2, 0.25) is 5.15 Å². The number of aromatic nitrogens is 1. The molecule has 20 heavy (non-hydrogen) atoms. The lowest BCUT2D eigenvalue weighted by molar-refractivity contribution is 0.0697. The lowest BCUT2D eigenvalue weighted by Gasteiger charge is -2.31. The van der Waals surface area contributed by atoms with Crippen molar-refractivity contribution in [2.45, 2.75) is 25.8 Å². The maximum absolute atomic E-state index is 11.4. The first-order chi connectivity index (χ1) is 9.54. The van der Waals surface area contributed by atoms with E-state index in [0.717, 1.165) is 0 Å². The highest BCUT2D eigenvalue weighted by Gasteiger charge is 2.34. The Kier molecular flexibility index (Phi) is 4.83. The number of methoxy groups -OCH3 is 1. The van der Waals surface area contributed by atoms with E-state index in [0.29, 0.717) is 30.0 Å². The summed E-state index contributed by atoms with van der Waals surface area (Å²) in [5.74, 6) is 0.0327. The maximum Gasteiger partial charge on any atom is 0.339 e. The molecule has 0 spiro atoms. The second-order valence-electron chi connectivity index (χ2n) is 5.07. The minimum atomic E-state index is -0.991. The predicted molar refractivity (Wildman–Crippen MR) is 77.6 cm³/mol. The van der Waals surface area contributed by atoms with Crippen LogP contribution in [0.1, 0.15) is 30.1 Å². The highest BCUT2D eigenvalue weighted by molar-refractivity contribution is 6.29. The molecule has 1 aromatic heterocycles. The van der Waals surface area contributed by atoms with Crippen molar-refractivity contribution >= 4 is 23.4 Å². The van der Waals surface area contributed by atoms with Crippen LogP contribution >= 0.6 is 11.6 Å². The summed E-state index contributed by atoms with van der Waals surface area (Å²) in [4.78, 5) is 17.6. The summed E-state index contributed by atoms with van der Waals surface area (Å²) in [5, 5.41) is 9.63. The van der Waals surface area contributed by atoms with Crippen LogP contribution in [0.25, 0.3) is 0 Å². The minimum absolute atomic E-state index is 0.179. The molecule has 0 amide bonds. The number of anilines is 1. The van der Waals surface area contributed by atoms with E-state index in [-0.39, 0.29) is 11.6 Å². The third kappa shape index (κ3) is 3.41. The van der Waals surface area contributed by atoms with Gasteiger partial charge in [0.05, 0.1) is 6.61 Å². The highest BCUT2D eigenvalue weighted by Crippen LogP contribution is 2.37. The molecule has 1 saturated carbocycles. The summed E-state index contributed by atoms with van der Waals surface area (Å²) < 4.78 is 5.12. The number of carboxylic acid groups (broad SMARTS) is 1. The second-order valence-corrected chi connectivity index (χ2v) is 5.46. The number of ether oxygens (including phenoxy) is 1. The van der Waals surface area contributed by atoms with E-state index in [1.807, 2.05) is 4.90 Å². The largest absolute Gasteiger partial charge is 0.478 e. The first kappa shape index (κ1) is 15.1. The van der Waals surface area contributed by atoms with Crippen molar-refractivity contribution in [1.29, 1.82) is 0 Å². The van der Waals surface area contributed by atoms with Gasteiger partial charge in [-0.2, -0.15) is 0 Å². The Morgan fingerprint density at radius 1 is 1.60 bits per heavy atom. The number of nitrogens with zero attached hydrogens (tertiary/aromatic N) is 2.